The maximum absolute atomic E-state index is 4.57. The average molecular weight is 223 g/mol. The summed E-state index contributed by atoms with van der Waals surface area (Å²) in [5, 5.41) is 0. The minimum absolute atomic E-state index is 0.206. The lowest BCUT2D eigenvalue weighted by Gasteiger charge is -2.05. The summed E-state index contributed by atoms with van der Waals surface area (Å²) in [6, 6.07) is 18.9. The van der Waals surface area contributed by atoms with E-state index in [-0.39, 0.29) is 6.04 Å². The molecule has 86 valence electrons. The van der Waals surface area contributed by atoms with Crippen LogP contribution < -0.4 is 0 Å². The molecule has 0 spiro atoms. The fourth-order valence-electron chi connectivity index (χ4n) is 1.67. The highest BCUT2D eigenvalue weighted by Gasteiger charge is 2.00. The summed E-state index contributed by atoms with van der Waals surface area (Å²) in [6.07, 6.45) is 1.94. The molecular weight excluding hydrogens is 206 g/mol. The molecule has 0 radical (unpaired) electrons. The van der Waals surface area contributed by atoms with E-state index < -0.39 is 0 Å². The normalized spacial score (nSPS) is 12.8. The van der Waals surface area contributed by atoms with E-state index in [1.54, 1.807) is 0 Å². The smallest absolute Gasteiger partial charge is 0.0721 e. The van der Waals surface area contributed by atoms with Crippen molar-refractivity contribution < 1.29 is 0 Å². The number of hydrogen-bond donors (Lipinski definition) is 0. The van der Waals surface area contributed by atoms with Gasteiger partial charge in [0.15, 0.2) is 0 Å². The van der Waals surface area contributed by atoms with Crippen LogP contribution in [-0.2, 0) is 0 Å². The molecule has 1 nitrogen and oxygen atoms in total. The second-order valence-corrected chi connectivity index (χ2v) is 4.28. The molecule has 0 aliphatic rings. The van der Waals surface area contributed by atoms with Crippen LogP contribution in [0.5, 0.6) is 0 Å². The van der Waals surface area contributed by atoms with Crippen LogP contribution in [0, 0.1) is 6.92 Å². The first kappa shape index (κ1) is 11.6. The van der Waals surface area contributed by atoms with E-state index in [0.29, 0.717) is 0 Å². The van der Waals surface area contributed by atoms with Gasteiger partial charge in [-0.15, -0.1) is 0 Å². The van der Waals surface area contributed by atoms with Crippen molar-refractivity contribution in [3.8, 4) is 0 Å². The predicted octanol–water partition coefficient (Wildman–Crippen LogP) is 4.18. The molecule has 0 amide bonds. The van der Waals surface area contributed by atoms with Gasteiger partial charge in [0.25, 0.3) is 0 Å². The molecule has 1 heteroatoms. The van der Waals surface area contributed by atoms with Crippen LogP contribution in [0.25, 0.3) is 0 Å². The van der Waals surface area contributed by atoms with Crippen LogP contribution in [0.15, 0.2) is 59.6 Å². The molecule has 2 rings (SSSR count). The van der Waals surface area contributed by atoms with E-state index in [0.717, 1.165) is 5.56 Å². The Morgan fingerprint density at radius 1 is 0.941 bits per heavy atom. The fourth-order valence-corrected chi connectivity index (χ4v) is 1.67. The van der Waals surface area contributed by atoms with Gasteiger partial charge >= 0.3 is 0 Å². The van der Waals surface area contributed by atoms with Gasteiger partial charge in [0.2, 0.25) is 0 Å². The van der Waals surface area contributed by atoms with E-state index >= 15 is 0 Å². The van der Waals surface area contributed by atoms with Gasteiger partial charge in [-0.1, -0.05) is 60.2 Å². The SMILES string of the molecule is Cc1ccc(C=N[C@@H](C)c2ccccc2)cc1. The zero-order chi connectivity index (χ0) is 12.1. The Balaban J connectivity index is 2.08. The summed E-state index contributed by atoms with van der Waals surface area (Å²) < 4.78 is 0. The van der Waals surface area contributed by atoms with Gasteiger partial charge in [-0.05, 0) is 25.0 Å². The number of hydrogen-bond acceptors (Lipinski definition) is 1. The standard InChI is InChI=1S/C16H17N/c1-13-8-10-15(11-9-13)12-17-14(2)16-6-4-3-5-7-16/h3-12,14H,1-2H3/t14-/m0/s1. The molecule has 2 aromatic rings. The first-order valence-corrected chi connectivity index (χ1v) is 5.90. The summed E-state index contributed by atoms with van der Waals surface area (Å²) in [4.78, 5) is 4.57. The molecule has 0 saturated carbocycles. The third-order valence-electron chi connectivity index (χ3n) is 2.81. The Bertz CT molecular complexity index is 483. The van der Waals surface area contributed by atoms with Gasteiger partial charge in [0, 0.05) is 6.21 Å². The van der Waals surface area contributed by atoms with Gasteiger partial charge in [-0.25, -0.2) is 0 Å². The van der Waals surface area contributed by atoms with Crippen molar-refractivity contribution in [1.29, 1.82) is 0 Å². The van der Waals surface area contributed by atoms with Crippen LogP contribution in [0.4, 0.5) is 0 Å². The fraction of sp³-hybridized carbons (Fsp3) is 0.188. The van der Waals surface area contributed by atoms with Crippen LogP contribution in [0.2, 0.25) is 0 Å². The van der Waals surface area contributed by atoms with Crippen molar-refractivity contribution in [2.75, 3.05) is 0 Å². The van der Waals surface area contributed by atoms with E-state index in [1.165, 1.54) is 11.1 Å². The van der Waals surface area contributed by atoms with E-state index in [1.807, 2.05) is 24.4 Å². The molecule has 0 bridgehead atoms. The highest BCUT2D eigenvalue weighted by atomic mass is 14.8. The van der Waals surface area contributed by atoms with Crippen molar-refractivity contribution >= 4 is 6.21 Å². The summed E-state index contributed by atoms with van der Waals surface area (Å²) in [7, 11) is 0. The van der Waals surface area contributed by atoms with Gasteiger partial charge < -0.3 is 0 Å². The van der Waals surface area contributed by atoms with Crippen molar-refractivity contribution in [2.24, 2.45) is 4.99 Å². The lowest BCUT2D eigenvalue weighted by atomic mass is 10.1. The lowest BCUT2D eigenvalue weighted by molar-refractivity contribution is 0.825. The molecule has 0 unspecified atom stereocenters. The second-order valence-electron chi connectivity index (χ2n) is 4.28. The topological polar surface area (TPSA) is 12.4 Å². The van der Waals surface area contributed by atoms with E-state index in [4.69, 9.17) is 0 Å². The molecule has 17 heavy (non-hydrogen) atoms. The number of aliphatic imine (C=N–C) groups is 1. The Labute approximate surface area is 103 Å². The van der Waals surface area contributed by atoms with Gasteiger partial charge in [0.1, 0.15) is 0 Å². The largest absolute Gasteiger partial charge is 0.285 e. The maximum Gasteiger partial charge on any atom is 0.0721 e. The number of benzene rings is 2. The molecule has 0 aromatic heterocycles. The van der Waals surface area contributed by atoms with E-state index in [2.05, 4.69) is 55.2 Å². The van der Waals surface area contributed by atoms with Crippen molar-refractivity contribution in [3.05, 3.63) is 71.3 Å². The first-order chi connectivity index (χ1) is 8.25. The first-order valence-electron chi connectivity index (χ1n) is 5.90. The number of nitrogens with zero attached hydrogens (tertiary/aromatic N) is 1. The monoisotopic (exact) mass is 223 g/mol. The molecule has 0 N–H and O–H groups in total. The zero-order valence-electron chi connectivity index (χ0n) is 10.3. The highest BCUT2D eigenvalue weighted by Crippen LogP contribution is 2.15. The van der Waals surface area contributed by atoms with Crippen LogP contribution in [-0.4, -0.2) is 6.21 Å². The average Bonchev–Trinajstić information content (AvgIpc) is 2.39. The van der Waals surface area contributed by atoms with Crippen molar-refractivity contribution in [1.82, 2.24) is 0 Å². The molecule has 0 fully saturated rings. The molecular formula is C16H17N. The third-order valence-corrected chi connectivity index (χ3v) is 2.81. The zero-order valence-corrected chi connectivity index (χ0v) is 10.3. The third kappa shape index (κ3) is 3.28. The van der Waals surface area contributed by atoms with E-state index in [9.17, 15) is 0 Å². The van der Waals surface area contributed by atoms with Gasteiger partial charge in [-0.3, -0.25) is 4.99 Å². The quantitative estimate of drug-likeness (QED) is 0.692. The predicted molar refractivity (Wildman–Crippen MR) is 73.6 cm³/mol. The Hall–Kier alpha value is -1.89. The Kier molecular flexibility index (Phi) is 3.71. The second kappa shape index (κ2) is 5.44. The highest BCUT2D eigenvalue weighted by molar-refractivity contribution is 5.79. The molecule has 0 aliphatic heterocycles. The summed E-state index contributed by atoms with van der Waals surface area (Å²) in [6.45, 7) is 4.20. The summed E-state index contributed by atoms with van der Waals surface area (Å²) in [5.74, 6) is 0. The van der Waals surface area contributed by atoms with Crippen LogP contribution >= 0.6 is 0 Å². The lowest BCUT2D eigenvalue weighted by Crippen LogP contribution is -1.90. The van der Waals surface area contributed by atoms with Crippen LogP contribution in [0.3, 0.4) is 0 Å². The Morgan fingerprint density at radius 2 is 1.59 bits per heavy atom. The minimum Gasteiger partial charge on any atom is -0.285 e. The Morgan fingerprint density at radius 3 is 2.24 bits per heavy atom. The summed E-state index contributed by atoms with van der Waals surface area (Å²) in [5.41, 5.74) is 3.67. The molecule has 2 aromatic carbocycles. The maximum atomic E-state index is 4.57. The van der Waals surface area contributed by atoms with Gasteiger partial charge in [0.05, 0.1) is 6.04 Å². The van der Waals surface area contributed by atoms with Crippen molar-refractivity contribution in [3.63, 3.8) is 0 Å². The minimum atomic E-state index is 0.206. The number of aryl methyl sites for hydroxylation is 1. The molecule has 0 saturated heterocycles. The molecule has 0 heterocycles. The molecule has 0 aliphatic carbocycles. The van der Waals surface area contributed by atoms with Crippen molar-refractivity contribution in [2.45, 2.75) is 19.9 Å². The molecule has 1 atom stereocenters. The van der Waals surface area contributed by atoms with Gasteiger partial charge in [-0.2, -0.15) is 0 Å². The number of rotatable bonds is 3. The summed E-state index contributed by atoms with van der Waals surface area (Å²) >= 11 is 0. The van der Waals surface area contributed by atoms with Crippen LogP contribution in [0.1, 0.15) is 29.7 Å².